The van der Waals surface area contributed by atoms with Crippen LogP contribution in [0.25, 0.3) is 11.1 Å². The molecular formula is C27H24FN5O2. The van der Waals surface area contributed by atoms with Crippen molar-refractivity contribution in [2.75, 3.05) is 18.1 Å². The Morgan fingerprint density at radius 3 is 2.77 bits per heavy atom. The Kier molecular flexibility index (Phi) is 5.41. The molecule has 2 aliphatic heterocycles. The Balaban J connectivity index is 1.13. The van der Waals surface area contributed by atoms with Gasteiger partial charge >= 0.3 is 0 Å². The van der Waals surface area contributed by atoms with Gasteiger partial charge in [-0.3, -0.25) is 14.5 Å². The van der Waals surface area contributed by atoms with Gasteiger partial charge in [-0.25, -0.2) is 4.39 Å². The van der Waals surface area contributed by atoms with Crippen LogP contribution in [0.4, 0.5) is 10.1 Å². The fraction of sp³-hybridized carbons (Fsp3) is 0.222. The minimum Gasteiger partial charge on any atom is -0.491 e. The predicted octanol–water partition coefficient (Wildman–Crippen LogP) is 3.84. The molecule has 1 atom stereocenters. The summed E-state index contributed by atoms with van der Waals surface area (Å²) in [5.74, 6) is 0.388. The van der Waals surface area contributed by atoms with Gasteiger partial charge in [-0.1, -0.05) is 12.1 Å². The second-order valence-corrected chi connectivity index (χ2v) is 8.89. The van der Waals surface area contributed by atoms with Crippen molar-refractivity contribution in [2.45, 2.75) is 25.6 Å². The number of hydrogen-bond donors (Lipinski definition) is 1. The fourth-order valence-electron chi connectivity index (χ4n) is 4.71. The number of halogens is 1. The van der Waals surface area contributed by atoms with Gasteiger partial charge in [-0.05, 0) is 66.1 Å². The van der Waals surface area contributed by atoms with Gasteiger partial charge in [0.2, 0.25) is 0 Å². The number of nitrogens with zero attached hydrogens (tertiary/aromatic N) is 4. The highest BCUT2D eigenvalue weighted by atomic mass is 19.1. The van der Waals surface area contributed by atoms with E-state index in [0.29, 0.717) is 31.8 Å². The number of aromatic nitrogens is 3. The minimum atomic E-state index is -0.252. The molecule has 0 saturated carbocycles. The van der Waals surface area contributed by atoms with Crippen LogP contribution in [0.3, 0.4) is 0 Å². The van der Waals surface area contributed by atoms with Crippen molar-refractivity contribution in [3.63, 3.8) is 0 Å². The molecule has 0 radical (unpaired) electrons. The van der Waals surface area contributed by atoms with Gasteiger partial charge in [-0.2, -0.15) is 5.10 Å². The molecule has 2 aliphatic rings. The zero-order valence-electron chi connectivity index (χ0n) is 19.0. The van der Waals surface area contributed by atoms with E-state index in [4.69, 9.17) is 4.74 Å². The number of amides is 1. The lowest BCUT2D eigenvalue weighted by Gasteiger charge is -2.29. The summed E-state index contributed by atoms with van der Waals surface area (Å²) < 4.78 is 21.1. The third-order valence-corrected chi connectivity index (χ3v) is 6.52. The number of anilines is 1. The molecule has 1 N–H and O–H groups in total. The van der Waals surface area contributed by atoms with Crippen molar-refractivity contribution >= 4 is 11.6 Å². The van der Waals surface area contributed by atoms with Crippen LogP contribution < -0.4 is 15.0 Å². The Morgan fingerprint density at radius 2 is 1.94 bits per heavy atom. The van der Waals surface area contributed by atoms with Crippen LogP contribution >= 0.6 is 0 Å². The van der Waals surface area contributed by atoms with E-state index in [9.17, 15) is 9.18 Å². The zero-order valence-corrected chi connectivity index (χ0v) is 19.0. The average Bonchev–Trinajstić information content (AvgIpc) is 3.33. The molecule has 4 aromatic rings. The molecule has 0 spiro atoms. The zero-order chi connectivity index (χ0) is 23.8. The first-order chi connectivity index (χ1) is 17.1. The first-order valence-electron chi connectivity index (χ1n) is 11.7. The summed E-state index contributed by atoms with van der Waals surface area (Å²) in [6, 6.07) is 18.2. The molecule has 0 bridgehead atoms. The van der Waals surface area contributed by atoms with Crippen molar-refractivity contribution < 1.29 is 13.9 Å². The standard InChI is InChI=1S/C27H24FN5O2/c28-21-4-6-23(7-5-21)32-10-11-33-24(16-32)14-25(31-33)27(34)30-22-13-20-12-18(3-8-26(20)35-17-22)19-2-1-9-29-15-19/h1-9,12,14-15,22H,10-11,13,16-17H2,(H,30,34). The molecule has 7 nitrogen and oxygen atoms in total. The Morgan fingerprint density at radius 1 is 1.06 bits per heavy atom. The topological polar surface area (TPSA) is 72.3 Å². The minimum absolute atomic E-state index is 0.145. The second kappa shape index (κ2) is 8.87. The number of hydrogen-bond acceptors (Lipinski definition) is 5. The summed E-state index contributed by atoms with van der Waals surface area (Å²) in [5, 5.41) is 7.61. The predicted molar refractivity (Wildman–Crippen MR) is 130 cm³/mol. The number of benzene rings is 2. The Labute approximate surface area is 202 Å². The van der Waals surface area contributed by atoms with Gasteiger partial charge in [0.25, 0.3) is 5.91 Å². The highest BCUT2D eigenvalue weighted by molar-refractivity contribution is 5.92. The SMILES string of the molecule is O=C(NC1COc2ccc(-c3cccnc3)cc2C1)c1cc2n(n1)CCN(c1ccc(F)cc1)C2. The van der Waals surface area contributed by atoms with E-state index in [1.54, 1.807) is 18.3 Å². The van der Waals surface area contributed by atoms with Crippen molar-refractivity contribution in [3.05, 3.63) is 95.8 Å². The summed E-state index contributed by atoms with van der Waals surface area (Å²) >= 11 is 0. The van der Waals surface area contributed by atoms with E-state index in [2.05, 4.69) is 26.4 Å². The smallest absolute Gasteiger partial charge is 0.272 e. The third kappa shape index (κ3) is 4.35. The summed E-state index contributed by atoms with van der Waals surface area (Å²) in [6.07, 6.45) is 4.27. The largest absolute Gasteiger partial charge is 0.491 e. The fourth-order valence-corrected chi connectivity index (χ4v) is 4.71. The number of ether oxygens (including phenoxy) is 1. The van der Waals surface area contributed by atoms with Crippen molar-refractivity contribution in [2.24, 2.45) is 0 Å². The molecule has 176 valence electrons. The number of fused-ring (bicyclic) bond motifs is 2. The monoisotopic (exact) mass is 469 g/mol. The molecule has 35 heavy (non-hydrogen) atoms. The van der Waals surface area contributed by atoms with Crippen LogP contribution in [0, 0.1) is 5.82 Å². The summed E-state index contributed by atoms with van der Waals surface area (Å²) in [4.78, 5) is 19.4. The van der Waals surface area contributed by atoms with Gasteiger partial charge in [0.15, 0.2) is 5.69 Å². The van der Waals surface area contributed by atoms with Crippen molar-refractivity contribution in [1.82, 2.24) is 20.1 Å². The van der Waals surface area contributed by atoms with Crippen LogP contribution in [0.5, 0.6) is 5.75 Å². The van der Waals surface area contributed by atoms with Gasteiger partial charge < -0.3 is 15.0 Å². The summed E-state index contributed by atoms with van der Waals surface area (Å²) in [6.45, 7) is 2.44. The highest BCUT2D eigenvalue weighted by Gasteiger charge is 2.25. The lowest BCUT2D eigenvalue weighted by molar-refractivity contribution is 0.0909. The summed E-state index contributed by atoms with van der Waals surface area (Å²) in [7, 11) is 0. The molecule has 8 heteroatoms. The number of carbonyl (C=O) groups is 1. The van der Waals surface area contributed by atoms with Crippen LogP contribution in [-0.4, -0.2) is 39.9 Å². The Bertz CT molecular complexity index is 1370. The molecule has 4 heterocycles. The number of carbonyl (C=O) groups excluding carboxylic acids is 1. The quantitative estimate of drug-likeness (QED) is 0.492. The van der Waals surface area contributed by atoms with Crippen LogP contribution in [0.2, 0.25) is 0 Å². The van der Waals surface area contributed by atoms with Crippen LogP contribution in [0.15, 0.2) is 73.1 Å². The number of rotatable bonds is 4. The molecule has 0 aliphatic carbocycles. The third-order valence-electron chi connectivity index (χ3n) is 6.52. The van der Waals surface area contributed by atoms with E-state index < -0.39 is 0 Å². The normalized spacial score (nSPS) is 16.7. The van der Waals surface area contributed by atoms with Gasteiger partial charge in [0.1, 0.15) is 18.2 Å². The lowest BCUT2D eigenvalue weighted by Crippen LogP contribution is -2.42. The number of pyridine rings is 1. The van der Waals surface area contributed by atoms with Gasteiger partial charge in [0, 0.05) is 30.2 Å². The first kappa shape index (κ1) is 21.3. The summed E-state index contributed by atoms with van der Waals surface area (Å²) in [5.41, 5.74) is 5.48. The van der Waals surface area contributed by atoms with E-state index in [-0.39, 0.29) is 17.8 Å². The van der Waals surface area contributed by atoms with E-state index in [1.165, 1.54) is 12.1 Å². The van der Waals surface area contributed by atoms with Gasteiger partial charge in [-0.15, -0.1) is 0 Å². The lowest BCUT2D eigenvalue weighted by atomic mass is 9.97. The molecule has 1 unspecified atom stereocenters. The van der Waals surface area contributed by atoms with Gasteiger partial charge in [0.05, 0.1) is 24.8 Å². The maximum Gasteiger partial charge on any atom is 0.272 e. The maximum atomic E-state index is 13.3. The second-order valence-electron chi connectivity index (χ2n) is 8.89. The molecule has 0 fully saturated rings. The molecule has 2 aromatic carbocycles. The highest BCUT2D eigenvalue weighted by Crippen LogP contribution is 2.30. The van der Waals surface area contributed by atoms with E-state index in [0.717, 1.165) is 40.4 Å². The van der Waals surface area contributed by atoms with Crippen molar-refractivity contribution in [3.8, 4) is 16.9 Å². The molecule has 6 rings (SSSR count). The van der Waals surface area contributed by atoms with Crippen LogP contribution in [-0.2, 0) is 19.5 Å². The molecule has 1 amide bonds. The first-order valence-corrected chi connectivity index (χ1v) is 11.7. The van der Waals surface area contributed by atoms with Crippen molar-refractivity contribution in [1.29, 1.82) is 0 Å². The Hall–Kier alpha value is -4.20. The molecule has 0 saturated heterocycles. The average molecular weight is 470 g/mol. The molecule has 2 aromatic heterocycles. The van der Waals surface area contributed by atoms with E-state index in [1.807, 2.05) is 41.2 Å². The van der Waals surface area contributed by atoms with Crippen LogP contribution in [0.1, 0.15) is 21.7 Å². The maximum absolute atomic E-state index is 13.3. The van der Waals surface area contributed by atoms with E-state index >= 15 is 0 Å². The number of nitrogens with one attached hydrogen (secondary N) is 1. The molecular weight excluding hydrogens is 445 g/mol.